The summed E-state index contributed by atoms with van der Waals surface area (Å²) in [6, 6.07) is 4.13. The van der Waals surface area contributed by atoms with Gasteiger partial charge in [-0.3, -0.25) is 0 Å². The molecule has 2 N–H and O–H groups in total. The summed E-state index contributed by atoms with van der Waals surface area (Å²) in [5.41, 5.74) is 3.79. The Morgan fingerprint density at radius 2 is 1.48 bits per heavy atom. The van der Waals surface area contributed by atoms with Crippen LogP contribution in [0.25, 0.3) is 11.3 Å². The van der Waals surface area contributed by atoms with E-state index in [0.29, 0.717) is 5.75 Å². The molecule has 0 radical (unpaired) electrons. The molecule has 0 amide bonds. The smallest absolute Gasteiger partial charge is 0.158 e. The van der Waals surface area contributed by atoms with Gasteiger partial charge in [0.1, 0.15) is 5.75 Å². The normalized spacial score (nSPS) is 12.7. The number of hydrogen-bond donors (Lipinski definition) is 2. The number of aromatic hydroxyl groups is 1. The fourth-order valence-corrected chi connectivity index (χ4v) is 3.20. The van der Waals surface area contributed by atoms with Crippen LogP contribution in [0.1, 0.15) is 52.7 Å². The predicted molar refractivity (Wildman–Crippen MR) is 94.0 cm³/mol. The van der Waals surface area contributed by atoms with E-state index in [-0.39, 0.29) is 10.8 Å². The number of phenols is 1. The number of nitrogens with one attached hydrogen (secondary N) is 1. The van der Waals surface area contributed by atoms with Gasteiger partial charge in [-0.05, 0) is 40.7 Å². The highest BCUT2D eigenvalue weighted by atomic mass is 32.1. The van der Waals surface area contributed by atoms with Crippen molar-refractivity contribution in [2.75, 3.05) is 0 Å². The van der Waals surface area contributed by atoms with Crippen molar-refractivity contribution < 1.29 is 5.11 Å². The Morgan fingerprint density at radius 3 is 1.81 bits per heavy atom. The lowest BCUT2D eigenvalue weighted by atomic mass is 9.78. The molecule has 0 atom stereocenters. The summed E-state index contributed by atoms with van der Waals surface area (Å²) in [6.45, 7) is 12.7. The van der Waals surface area contributed by atoms with Crippen LogP contribution in [-0.2, 0) is 10.8 Å². The zero-order chi connectivity index (χ0) is 16.0. The summed E-state index contributed by atoms with van der Waals surface area (Å²) in [7, 11) is 0. The first-order chi connectivity index (χ1) is 9.50. The molecule has 0 spiro atoms. The molecule has 0 bridgehead atoms. The van der Waals surface area contributed by atoms with Gasteiger partial charge in [-0.25, -0.2) is 0 Å². The third kappa shape index (κ3) is 3.38. The molecule has 0 unspecified atom stereocenters. The Balaban J connectivity index is 2.77. The van der Waals surface area contributed by atoms with Gasteiger partial charge in [0.25, 0.3) is 0 Å². The molecule has 1 heterocycles. The van der Waals surface area contributed by atoms with E-state index in [1.807, 2.05) is 5.38 Å². The standard InChI is InChI=1S/C17H23NOS2/c1-16(2,3)11-7-10(13-9-21-15(20)18-13)8-12(14(11)19)17(4,5)6/h7-9,19H,1-6H3,(H,18,20). The van der Waals surface area contributed by atoms with Crippen molar-refractivity contribution in [1.29, 1.82) is 0 Å². The van der Waals surface area contributed by atoms with E-state index in [1.54, 1.807) is 0 Å². The van der Waals surface area contributed by atoms with Gasteiger partial charge < -0.3 is 10.1 Å². The number of rotatable bonds is 1. The van der Waals surface area contributed by atoms with Gasteiger partial charge in [0.05, 0.1) is 5.69 Å². The van der Waals surface area contributed by atoms with Gasteiger partial charge >= 0.3 is 0 Å². The second kappa shape index (κ2) is 5.25. The van der Waals surface area contributed by atoms with Crippen LogP contribution in [-0.4, -0.2) is 10.1 Å². The maximum absolute atomic E-state index is 10.7. The summed E-state index contributed by atoms with van der Waals surface area (Å²) < 4.78 is 0.771. The molecule has 1 aromatic heterocycles. The quantitative estimate of drug-likeness (QED) is 0.654. The van der Waals surface area contributed by atoms with Crippen molar-refractivity contribution in [3.05, 3.63) is 32.6 Å². The Hall–Kier alpha value is -1.13. The largest absolute Gasteiger partial charge is 0.507 e. The summed E-state index contributed by atoms with van der Waals surface area (Å²) in [5, 5.41) is 12.7. The third-order valence-corrected chi connectivity index (χ3v) is 4.62. The number of hydrogen-bond acceptors (Lipinski definition) is 3. The molecule has 2 rings (SSSR count). The van der Waals surface area contributed by atoms with E-state index in [4.69, 9.17) is 12.2 Å². The first kappa shape index (κ1) is 16.2. The van der Waals surface area contributed by atoms with Crippen molar-refractivity contribution in [2.45, 2.75) is 52.4 Å². The van der Waals surface area contributed by atoms with Crippen LogP contribution in [0.5, 0.6) is 5.75 Å². The van der Waals surface area contributed by atoms with E-state index in [2.05, 4.69) is 58.7 Å². The molecular weight excluding hydrogens is 298 g/mol. The summed E-state index contributed by atoms with van der Waals surface area (Å²) in [4.78, 5) is 3.22. The van der Waals surface area contributed by atoms with Gasteiger partial charge in [-0.15, -0.1) is 11.3 Å². The molecule has 21 heavy (non-hydrogen) atoms. The number of aromatic nitrogens is 1. The minimum Gasteiger partial charge on any atom is -0.507 e. The van der Waals surface area contributed by atoms with Crippen molar-refractivity contribution >= 4 is 23.6 Å². The molecule has 4 heteroatoms. The molecule has 0 saturated heterocycles. The first-order valence-electron chi connectivity index (χ1n) is 7.06. The molecule has 0 aliphatic carbocycles. The lowest BCUT2D eigenvalue weighted by Crippen LogP contribution is -2.17. The summed E-state index contributed by atoms with van der Waals surface area (Å²) in [6.07, 6.45) is 0. The number of thiazole rings is 1. The molecule has 0 fully saturated rings. The first-order valence-corrected chi connectivity index (χ1v) is 8.35. The average molecular weight is 322 g/mol. The van der Waals surface area contributed by atoms with Crippen LogP contribution >= 0.6 is 23.6 Å². The van der Waals surface area contributed by atoms with Crippen LogP contribution in [0.15, 0.2) is 17.5 Å². The lowest BCUT2D eigenvalue weighted by molar-refractivity contribution is 0.423. The molecule has 0 aliphatic heterocycles. The van der Waals surface area contributed by atoms with Gasteiger partial charge in [0.2, 0.25) is 0 Å². The van der Waals surface area contributed by atoms with Gasteiger partial charge in [-0.1, -0.05) is 41.5 Å². The molecule has 1 aromatic carbocycles. The minimum absolute atomic E-state index is 0.118. The third-order valence-electron chi connectivity index (χ3n) is 3.56. The van der Waals surface area contributed by atoms with Gasteiger partial charge in [0, 0.05) is 16.5 Å². The van der Waals surface area contributed by atoms with Crippen molar-refractivity contribution in [2.24, 2.45) is 0 Å². The van der Waals surface area contributed by atoms with Gasteiger partial charge in [0.15, 0.2) is 3.95 Å². The second-order valence-electron chi connectivity index (χ2n) is 7.48. The summed E-state index contributed by atoms with van der Waals surface area (Å²) in [5.74, 6) is 0.410. The maximum atomic E-state index is 10.7. The molecule has 2 aromatic rings. The highest BCUT2D eigenvalue weighted by molar-refractivity contribution is 7.73. The Kier molecular flexibility index (Phi) is 4.06. The highest BCUT2D eigenvalue weighted by Gasteiger charge is 2.26. The second-order valence-corrected chi connectivity index (χ2v) is 9.03. The topological polar surface area (TPSA) is 36.0 Å². The monoisotopic (exact) mass is 321 g/mol. The molecule has 0 aliphatic rings. The van der Waals surface area contributed by atoms with Crippen molar-refractivity contribution in [3.8, 4) is 17.0 Å². The Morgan fingerprint density at radius 1 is 1.00 bits per heavy atom. The number of phenolic OH excluding ortho intramolecular Hbond substituents is 1. The number of H-pyrrole nitrogens is 1. The van der Waals surface area contributed by atoms with E-state index < -0.39 is 0 Å². The molecule has 0 saturated carbocycles. The summed E-state index contributed by atoms with van der Waals surface area (Å²) >= 11 is 6.71. The van der Waals surface area contributed by atoms with E-state index >= 15 is 0 Å². The van der Waals surface area contributed by atoms with Crippen molar-refractivity contribution in [1.82, 2.24) is 4.98 Å². The lowest BCUT2D eigenvalue weighted by Gasteiger charge is -2.28. The van der Waals surface area contributed by atoms with Gasteiger partial charge in [-0.2, -0.15) is 0 Å². The van der Waals surface area contributed by atoms with Crippen LogP contribution in [0.3, 0.4) is 0 Å². The van der Waals surface area contributed by atoms with E-state index in [1.165, 1.54) is 11.3 Å². The van der Waals surface area contributed by atoms with E-state index in [9.17, 15) is 5.11 Å². The molecular formula is C17H23NOS2. The minimum atomic E-state index is -0.118. The number of aromatic amines is 1. The molecule has 114 valence electrons. The van der Waals surface area contributed by atoms with Crippen LogP contribution < -0.4 is 0 Å². The number of benzene rings is 1. The van der Waals surface area contributed by atoms with Crippen LogP contribution in [0.4, 0.5) is 0 Å². The fraction of sp³-hybridized carbons (Fsp3) is 0.471. The SMILES string of the molecule is CC(C)(C)c1cc(-c2csc(=S)[nH]2)cc(C(C)(C)C)c1O. The van der Waals surface area contributed by atoms with Crippen LogP contribution in [0, 0.1) is 3.95 Å². The predicted octanol–water partition coefficient (Wildman–Crippen LogP) is 5.77. The zero-order valence-electron chi connectivity index (χ0n) is 13.5. The van der Waals surface area contributed by atoms with E-state index in [0.717, 1.165) is 26.3 Å². The van der Waals surface area contributed by atoms with Crippen LogP contribution in [0.2, 0.25) is 0 Å². The zero-order valence-corrected chi connectivity index (χ0v) is 15.1. The average Bonchev–Trinajstić information content (AvgIpc) is 2.73. The fourth-order valence-electron chi connectivity index (χ4n) is 2.35. The highest BCUT2D eigenvalue weighted by Crippen LogP contribution is 2.41. The Labute approximate surface area is 135 Å². The molecule has 2 nitrogen and oxygen atoms in total. The Bertz CT molecular complexity index is 676. The van der Waals surface area contributed by atoms with Crippen molar-refractivity contribution in [3.63, 3.8) is 0 Å². The maximum Gasteiger partial charge on any atom is 0.158 e.